The third-order valence-corrected chi connectivity index (χ3v) is 5.48. The van der Waals surface area contributed by atoms with Crippen LogP contribution in [0.15, 0.2) is 36.7 Å². The molecule has 0 aliphatic carbocycles. The van der Waals surface area contributed by atoms with E-state index in [9.17, 15) is 4.39 Å². The van der Waals surface area contributed by atoms with Crippen molar-refractivity contribution < 1.29 is 9.13 Å². The van der Waals surface area contributed by atoms with Gasteiger partial charge in [0.25, 0.3) is 0 Å². The van der Waals surface area contributed by atoms with Crippen LogP contribution < -0.4 is 10.1 Å². The van der Waals surface area contributed by atoms with E-state index in [2.05, 4.69) is 53.4 Å². The van der Waals surface area contributed by atoms with Crippen molar-refractivity contribution in [3.05, 3.63) is 48.0 Å². The second-order valence-electron chi connectivity index (χ2n) is 9.43. The molecule has 7 heteroatoms. The van der Waals surface area contributed by atoms with E-state index in [0.717, 1.165) is 18.4 Å². The van der Waals surface area contributed by atoms with Gasteiger partial charge in [-0.25, -0.2) is 4.39 Å². The Morgan fingerprint density at radius 2 is 1.77 bits per heavy atom. The van der Waals surface area contributed by atoms with Crippen molar-refractivity contribution in [1.29, 1.82) is 0 Å². The molecule has 30 heavy (non-hydrogen) atoms. The van der Waals surface area contributed by atoms with Gasteiger partial charge in [0.1, 0.15) is 11.9 Å². The molecule has 158 valence electrons. The molecule has 1 aliphatic heterocycles. The molecule has 2 N–H and O–H groups in total. The highest BCUT2D eigenvalue weighted by Gasteiger charge is 2.38. The summed E-state index contributed by atoms with van der Waals surface area (Å²) in [6, 6.07) is 6.95. The summed E-state index contributed by atoms with van der Waals surface area (Å²) in [7, 11) is 0. The highest BCUT2D eigenvalue weighted by Crippen LogP contribution is 2.32. The largest absolute Gasteiger partial charge is 0.473 e. The molecule has 1 saturated heterocycles. The van der Waals surface area contributed by atoms with E-state index >= 15 is 0 Å². The number of H-pyrrole nitrogens is 1. The SMILES string of the molecule is Cc1cc(-c2cn[nH]c2)c(F)cc1-c1ccc(OC2CC(C)(C)NC(C)(C)C2)nn1. The van der Waals surface area contributed by atoms with E-state index in [0.29, 0.717) is 28.3 Å². The van der Waals surface area contributed by atoms with Crippen LogP contribution in [0.2, 0.25) is 0 Å². The second kappa shape index (κ2) is 7.47. The van der Waals surface area contributed by atoms with Gasteiger partial charge in [0, 0.05) is 52.9 Å². The monoisotopic (exact) mass is 409 g/mol. The zero-order valence-electron chi connectivity index (χ0n) is 18.1. The fourth-order valence-electron chi connectivity index (χ4n) is 4.59. The molecule has 0 spiro atoms. The van der Waals surface area contributed by atoms with Crippen LogP contribution in [-0.2, 0) is 0 Å². The number of ether oxygens (including phenoxy) is 1. The number of aromatic amines is 1. The molecule has 0 bridgehead atoms. The summed E-state index contributed by atoms with van der Waals surface area (Å²) in [5, 5.41) is 18.8. The Morgan fingerprint density at radius 1 is 1.03 bits per heavy atom. The molecule has 1 aliphatic rings. The number of hydrogen-bond acceptors (Lipinski definition) is 5. The van der Waals surface area contributed by atoms with E-state index in [4.69, 9.17) is 4.74 Å². The van der Waals surface area contributed by atoms with Crippen LogP contribution >= 0.6 is 0 Å². The average molecular weight is 410 g/mol. The number of aromatic nitrogens is 4. The molecule has 0 atom stereocenters. The summed E-state index contributed by atoms with van der Waals surface area (Å²) in [6.45, 7) is 10.7. The Bertz CT molecular complexity index is 1010. The first kappa shape index (κ1) is 20.5. The Kier molecular flexibility index (Phi) is 5.10. The summed E-state index contributed by atoms with van der Waals surface area (Å²) in [4.78, 5) is 0. The zero-order chi connectivity index (χ0) is 21.5. The summed E-state index contributed by atoms with van der Waals surface area (Å²) in [5.41, 5.74) is 3.44. The Balaban J connectivity index is 1.53. The molecule has 1 aromatic carbocycles. The maximum Gasteiger partial charge on any atom is 0.233 e. The topological polar surface area (TPSA) is 75.7 Å². The number of hydrogen-bond donors (Lipinski definition) is 2. The normalized spacial score (nSPS) is 18.3. The zero-order valence-corrected chi connectivity index (χ0v) is 18.1. The predicted molar refractivity (Wildman–Crippen MR) is 115 cm³/mol. The van der Waals surface area contributed by atoms with Gasteiger partial charge in [0.15, 0.2) is 0 Å². The molecule has 0 unspecified atom stereocenters. The van der Waals surface area contributed by atoms with Gasteiger partial charge in [-0.2, -0.15) is 5.10 Å². The number of halogens is 1. The predicted octanol–water partition coefficient (Wildman–Crippen LogP) is 4.67. The summed E-state index contributed by atoms with van der Waals surface area (Å²) in [5.74, 6) is 0.170. The number of aryl methyl sites for hydroxylation is 1. The molecular weight excluding hydrogens is 381 g/mol. The maximum absolute atomic E-state index is 14.7. The third kappa shape index (κ3) is 4.36. The molecular formula is C23H28FN5O. The molecule has 0 radical (unpaired) electrons. The van der Waals surface area contributed by atoms with E-state index in [-0.39, 0.29) is 23.0 Å². The minimum atomic E-state index is -0.321. The lowest BCUT2D eigenvalue weighted by Gasteiger charge is -2.46. The van der Waals surface area contributed by atoms with E-state index in [1.807, 2.05) is 19.1 Å². The first-order valence-corrected chi connectivity index (χ1v) is 10.2. The first-order chi connectivity index (χ1) is 14.1. The van der Waals surface area contributed by atoms with Gasteiger partial charge in [0.2, 0.25) is 5.88 Å². The van der Waals surface area contributed by atoms with Crippen LogP contribution in [0.5, 0.6) is 5.88 Å². The molecule has 4 rings (SSSR count). The minimum absolute atomic E-state index is 0.00877. The molecule has 1 fully saturated rings. The summed E-state index contributed by atoms with van der Waals surface area (Å²) >= 11 is 0. The van der Waals surface area contributed by atoms with Crippen molar-refractivity contribution in [2.24, 2.45) is 0 Å². The van der Waals surface area contributed by atoms with Crippen molar-refractivity contribution >= 4 is 0 Å². The highest BCUT2D eigenvalue weighted by molar-refractivity contribution is 5.71. The lowest BCUT2D eigenvalue weighted by Crippen LogP contribution is -2.60. The lowest BCUT2D eigenvalue weighted by atomic mass is 9.81. The smallest absolute Gasteiger partial charge is 0.233 e. The van der Waals surface area contributed by atoms with Gasteiger partial charge in [-0.05, 0) is 58.4 Å². The van der Waals surface area contributed by atoms with Crippen LogP contribution in [0.1, 0.15) is 46.1 Å². The Morgan fingerprint density at radius 3 is 2.37 bits per heavy atom. The molecule has 6 nitrogen and oxygen atoms in total. The van der Waals surface area contributed by atoms with Crippen LogP contribution in [0.3, 0.4) is 0 Å². The van der Waals surface area contributed by atoms with E-state index in [1.54, 1.807) is 18.5 Å². The molecule has 3 heterocycles. The summed E-state index contributed by atoms with van der Waals surface area (Å²) < 4.78 is 20.8. The van der Waals surface area contributed by atoms with Crippen LogP contribution in [0, 0.1) is 12.7 Å². The first-order valence-electron chi connectivity index (χ1n) is 10.2. The van der Waals surface area contributed by atoms with Gasteiger partial charge in [-0.1, -0.05) is 0 Å². The second-order valence-corrected chi connectivity index (χ2v) is 9.43. The number of nitrogens with one attached hydrogen (secondary N) is 2. The van der Waals surface area contributed by atoms with Crippen molar-refractivity contribution in [2.45, 2.75) is 64.6 Å². The lowest BCUT2D eigenvalue weighted by molar-refractivity contribution is 0.0524. The van der Waals surface area contributed by atoms with Crippen molar-refractivity contribution in [3.63, 3.8) is 0 Å². The quantitative estimate of drug-likeness (QED) is 0.655. The molecule has 0 saturated carbocycles. The summed E-state index contributed by atoms with van der Waals surface area (Å²) in [6.07, 6.45) is 5.11. The fraction of sp³-hybridized carbons (Fsp3) is 0.435. The Labute approximate surface area is 176 Å². The van der Waals surface area contributed by atoms with Gasteiger partial charge in [-0.15, -0.1) is 10.2 Å². The standard InChI is InChI=1S/C23H28FN5O/c1-14-8-18(15-12-25-26-13-15)19(24)9-17(14)20-6-7-21(28-27-20)30-16-10-22(2,3)29-23(4,5)11-16/h6-9,12-13,16,29H,10-11H2,1-5H3,(H,25,26). The molecule has 0 amide bonds. The molecule has 3 aromatic rings. The van der Waals surface area contributed by atoms with Crippen molar-refractivity contribution in [3.8, 4) is 28.3 Å². The van der Waals surface area contributed by atoms with Crippen LogP contribution in [0.25, 0.3) is 22.4 Å². The highest BCUT2D eigenvalue weighted by atomic mass is 19.1. The fourth-order valence-corrected chi connectivity index (χ4v) is 4.59. The number of rotatable bonds is 4. The van der Waals surface area contributed by atoms with Crippen molar-refractivity contribution in [1.82, 2.24) is 25.7 Å². The minimum Gasteiger partial charge on any atom is -0.473 e. The average Bonchev–Trinajstić information content (AvgIpc) is 3.16. The number of piperidine rings is 1. The molecule has 2 aromatic heterocycles. The maximum atomic E-state index is 14.7. The van der Waals surface area contributed by atoms with Gasteiger partial charge in [-0.3, -0.25) is 5.10 Å². The van der Waals surface area contributed by atoms with Gasteiger partial charge < -0.3 is 10.1 Å². The third-order valence-electron chi connectivity index (χ3n) is 5.48. The Hall–Kier alpha value is -2.80. The number of nitrogens with zero attached hydrogens (tertiary/aromatic N) is 3. The van der Waals surface area contributed by atoms with Crippen LogP contribution in [0.4, 0.5) is 4.39 Å². The van der Waals surface area contributed by atoms with E-state index < -0.39 is 0 Å². The number of benzene rings is 1. The van der Waals surface area contributed by atoms with Crippen LogP contribution in [-0.4, -0.2) is 37.6 Å². The van der Waals surface area contributed by atoms with Gasteiger partial charge in [0.05, 0.1) is 11.9 Å². The van der Waals surface area contributed by atoms with Gasteiger partial charge >= 0.3 is 0 Å². The van der Waals surface area contributed by atoms with E-state index in [1.165, 1.54) is 6.07 Å². The van der Waals surface area contributed by atoms with Crippen molar-refractivity contribution in [2.75, 3.05) is 0 Å².